The van der Waals surface area contributed by atoms with E-state index in [4.69, 9.17) is 23.2 Å². The van der Waals surface area contributed by atoms with E-state index in [1.165, 1.54) is 4.90 Å². The third-order valence-corrected chi connectivity index (χ3v) is 2.71. The monoisotopic (exact) mass is 290 g/mol. The number of aliphatic hydroxyl groups is 1. The van der Waals surface area contributed by atoms with E-state index >= 15 is 0 Å². The average molecular weight is 291 g/mol. The van der Waals surface area contributed by atoms with Gasteiger partial charge in [-0.05, 0) is 32.0 Å². The van der Waals surface area contributed by atoms with Crippen molar-refractivity contribution in [1.82, 2.24) is 4.90 Å². The molecule has 0 fully saturated rings. The zero-order valence-corrected chi connectivity index (χ0v) is 12.0. The smallest absolute Gasteiger partial charge is 0.321 e. The minimum absolute atomic E-state index is 0.205. The molecule has 0 bridgehead atoms. The number of amides is 2. The fourth-order valence-corrected chi connectivity index (χ4v) is 1.79. The van der Waals surface area contributed by atoms with Crippen molar-refractivity contribution in [3.63, 3.8) is 0 Å². The molecule has 0 aliphatic heterocycles. The van der Waals surface area contributed by atoms with Crippen molar-refractivity contribution in [3.05, 3.63) is 28.2 Å². The van der Waals surface area contributed by atoms with E-state index in [1.54, 1.807) is 39.1 Å². The van der Waals surface area contributed by atoms with Crippen molar-refractivity contribution < 1.29 is 9.90 Å². The first-order valence-corrected chi connectivity index (χ1v) is 6.14. The van der Waals surface area contributed by atoms with Crippen molar-refractivity contribution in [1.29, 1.82) is 0 Å². The number of rotatable bonds is 3. The number of likely N-dealkylation sites (N-methyl/N-ethyl adjacent to an activating group) is 1. The predicted octanol–water partition coefficient (Wildman–Crippen LogP) is 3.23. The number of nitrogens with zero attached hydrogens (tertiary/aromatic N) is 1. The van der Waals surface area contributed by atoms with Gasteiger partial charge in [0.1, 0.15) is 0 Å². The second-order valence-electron chi connectivity index (χ2n) is 4.72. The molecule has 2 amide bonds. The lowest BCUT2D eigenvalue weighted by Crippen LogP contribution is -2.41. The second-order valence-corrected chi connectivity index (χ2v) is 5.57. The molecule has 0 aliphatic rings. The molecule has 1 aromatic carbocycles. The van der Waals surface area contributed by atoms with E-state index in [2.05, 4.69) is 5.32 Å². The number of hydrogen-bond acceptors (Lipinski definition) is 2. The maximum Gasteiger partial charge on any atom is 0.321 e. The Kier molecular flexibility index (Phi) is 4.85. The number of carbonyl (C=O) groups excluding carboxylic acids is 1. The van der Waals surface area contributed by atoms with Crippen molar-refractivity contribution >= 4 is 34.9 Å². The summed E-state index contributed by atoms with van der Waals surface area (Å²) in [6.07, 6.45) is 0. The molecular formula is C12H16Cl2N2O2. The minimum atomic E-state index is -0.954. The van der Waals surface area contributed by atoms with Gasteiger partial charge in [-0.1, -0.05) is 23.2 Å². The van der Waals surface area contributed by atoms with Crippen LogP contribution in [0.3, 0.4) is 0 Å². The summed E-state index contributed by atoms with van der Waals surface area (Å²) in [4.78, 5) is 13.2. The summed E-state index contributed by atoms with van der Waals surface area (Å²) in [6.45, 7) is 3.46. The molecule has 0 aliphatic carbocycles. The normalized spacial score (nSPS) is 11.2. The lowest BCUT2D eigenvalue weighted by atomic mass is 10.1. The molecule has 2 N–H and O–H groups in total. The summed E-state index contributed by atoms with van der Waals surface area (Å²) in [6, 6.07) is 4.45. The zero-order valence-electron chi connectivity index (χ0n) is 10.5. The van der Waals surface area contributed by atoms with Gasteiger partial charge in [-0.15, -0.1) is 0 Å². The van der Waals surface area contributed by atoms with Crippen LogP contribution in [0, 0.1) is 0 Å². The summed E-state index contributed by atoms with van der Waals surface area (Å²) in [7, 11) is 1.59. The van der Waals surface area contributed by atoms with E-state index in [9.17, 15) is 9.90 Å². The minimum Gasteiger partial charge on any atom is -0.389 e. The highest BCUT2D eigenvalue weighted by molar-refractivity contribution is 6.35. The summed E-state index contributed by atoms with van der Waals surface area (Å²) in [5, 5.41) is 13.2. The predicted molar refractivity (Wildman–Crippen MR) is 74.4 cm³/mol. The lowest BCUT2D eigenvalue weighted by Gasteiger charge is -2.25. The number of anilines is 1. The molecule has 1 aromatic rings. The first-order chi connectivity index (χ1) is 8.19. The number of halogens is 2. The number of nitrogens with one attached hydrogen (secondary N) is 1. The molecule has 1 rings (SSSR count). The fraction of sp³-hybridized carbons (Fsp3) is 0.417. The van der Waals surface area contributed by atoms with Gasteiger partial charge < -0.3 is 15.3 Å². The molecule has 0 saturated carbocycles. The molecule has 0 spiro atoms. The Morgan fingerprint density at radius 2 is 2.06 bits per heavy atom. The molecule has 0 unspecified atom stereocenters. The van der Waals surface area contributed by atoms with Crippen molar-refractivity contribution in [2.24, 2.45) is 0 Å². The van der Waals surface area contributed by atoms with Gasteiger partial charge in [0.2, 0.25) is 0 Å². The Bertz CT molecular complexity index is 444. The first kappa shape index (κ1) is 15.1. The van der Waals surface area contributed by atoms with Gasteiger partial charge in [0.15, 0.2) is 0 Å². The van der Waals surface area contributed by atoms with Crippen LogP contribution >= 0.6 is 23.2 Å². The Labute approximate surface area is 116 Å². The van der Waals surface area contributed by atoms with Crippen LogP contribution in [0.15, 0.2) is 18.2 Å². The van der Waals surface area contributed by atoms with Gasteiger partial charge in [-0.2, -0.15) is 0 Å². The Morgan fingerprint density at radius 1 is 1.44 bits per heavy atom. The molecular weight excluding hydrogens is 275 g/mol. The highest BCUT2D eigenvalue weighted by Gasteiger charge is 2.19. The number of benzene rings is 1. The van der Waals surface area contributed by atoms with Gasteiger partial charge in [0.25, 0.3) is 0 Å². The molecule has 100 valence electrons. The zero-order chi connectivity index (χ0) is 13.9. The van der Waals surface area contributed by atoms with E-state index in [-0.39, 0.29) is 12.6 Å². The topological polar surface area (TPSA) is 52.6 Å². The summed E-state index contributed by atoms with van der Waals surface area (Å²) in [5.74, 6) is 0. The standard InChI is InChI=1S/C12H16Cl2N2O2/c1-12(2,18)7-16(3)11(17)15-10-6-8(13)4-5-9(10)14/h4-6,18H,7H2,1-3H3,(H,15,17). The summed E-state index contributed by atoms with van der Waals surface area (Å²) >= 11 is 11.8. The quantitative estimate of drug-likeness (QED) is 0.898. The summed E-state index contributed by atoms with van der Waals surface area (Å²) in [5.41, 5.74) is -0.513. The Morgan fingerprint density at radius 3 is 2.61 bits per heavy atom. The highest BCUT2D eigenvalue weighted by Crippen LogP contribution is 2.25. The number of carbonyl (C=O) groups is 1. The maximum absolute atomic E-state index is 11.9. The largest absolute Gasteiger partial charge is 0.389 e. The van der Waals surface area contributed by atoms with E-state index in [1.807, 2.05) is 0 Å². The van der Waals surface area contributed by atoms with E-state index in [0.29, 0.717) is 15.7 Å². The van der Waals surface area contributed by atoms with Gasteiger partial charge >= 0.3 is 6.03 Å². The maximum atomic E-state index is 11.9. The van der Waals surface area contributed by atoms with Gasteiger partial charge in [-0.25, -0.2) is 4.79 Å². The molecule has 0 heterocycles. The molecule has 0 saturated heterocycles. The molecule has 4 nitrogen and oxygen atoms in total. The van der Waals surface area contributed by atoms with E-state index in [0.717, 1.165) is 0 Å². The van der Waals surface area contributed by atoms with Gasteiger partial charge in [-0.3, -0.25) is 0 Å². The Balaban J connectivity index is 2.72. The molecule has 0 aromatic heterocycles. The van der Waals surface area contributed by atoms with Crippen LogP contribution in [-0.4, -0.2) is 35.2 Å². The van der Waals surface area contributed by atoms with Crippen molar-refractivity contribution in [3.8, 4) is 0 Å². The van der Waals surface area contributed by atoms with Crippen LogP contribution in [0.4, 0.5) is 10.5 Å². The van der Waals surface area contributed by atoms with Crippen molar-refractivity contribution in [2.45, 2.75) is 19.4 Å². The molecule has 6 heteroatoms. The van der Waals surface area contributed by atoms with Crippen molar-refractivity contribution in [2.75, 3.05) is 18.9 Å². The van der Waals surface area contributed by atoms with Crippen LogP contribution in [0.2, 0.25) is 10.0 Å². The lowest BCUT2D eigenvalue weighted by molar-refractivity contribution is 0.0550. The van der Waals surface area contributed by atoms with Crippen LogP contribution in [-0.2, 0) is 0 Å². The second kappa shape index (κ2) is 5.78. The van der Waals surface area contributed by atoms with Crippen LogP contribution < -0.4 is 5.32 Å². The number of urea groups is 1. The first-order valence-electron chi connectivity index (χ1n) is 5.38. The van der Waals surface area contributed by atoms with Gasteiger partial charge in [0, 0.05) is 12.1 Å². The SMILES string of the molecule is CN(CC(C)(C)O)C(=O)Nc1cc(Cl)ccc1Cl. The van der Waals surface area contributed by atoms with E-state index < -0.39 is 5.60 Å². The fourth-order valence-electron chi connectivity index (χ4n) is 1.46. The van der Waals surface area contributed by atoms with Gasteiger partial charge in [0.05, 0.1) is 22.9 Å². The molecule has 0 atom stereocenters. The third kappa shape index (κ3) is 4.72. The molecule has 0 radical (unpaired) electrons. The number of hydrogen-bond donors (Lipinski definition) is 2. The Hall–Kier alpha value is -0.970. The van der Waals surface area contributed by atoms with Crippen LogP contribution in [0.25, 0.3) is 0 Å². The third-order valence-electron chi connectivity index (χ3n) is 2.14. The highest BCUT2D eigenvalue weighted by atomic mass is 35.5. The van der Waals surface area contributed by atoms with Crippen LogP contribution in [0.5, 0.6) is 0 Å². The average Bonchev–Trinajstić information content (AvgIpc) is 2.21. The summed E-state index contributed by atoms with van der Waals surface area (Å²) < 4.78 is 0. The molecule has 18 heavy (non-hydrogen) atoms. The van der Waals surface area contributed by atoms with Crippen LogP contribution in [0.1, 0.15) is 13.8 Å².